The van der Waals surface area contributed by atoms with E-state index in [0.717, 1.165) is 6.07 Å². The molecule has 0 saturated carbocycles. The largest absolute Gasteiger partial charge is 0.330 e. The van der Waals surface area contributed by atoms with Crippen LogP contribution in [0.3, 0.4) is 0 Å². The molecule has 0 heterocycles. The van der Waals surface area contributed by atoms with E-state index in [0.29, 0.717) is 5.02 Å². The average molecular weight is 226 g/mol. The molecule has 1 rings (SSSR count). The number of amides is 1. The Morgan fingerprint density at radius 3 is 2.93 bits per heavy atom. The van der Waals surface area contributed by atoms with Gasteiger partial charge in [0.25, 0.3) is 5.91 Å². The second-order valence-electron chi connectivity index (χ2n) is 2.99. The molecule has 0 aromatic heterocycles. The maximum absolute atomic E-state index is 13.3. The summed E-state index contributed by atoms with van der Waals surface area (Å²) in [5.41, 5.74) is -0.0692. The van der Waals surface area contributed by atoms with Crippen molar-refractivity contribution in [3.05, 3.63) is 34.6 Å². The van der Waals surface area contributed by atoms with Crippen LogP contribution in [0.1, 0.15) is 10.4 Å². The molecule has 0 aliphatic heterocycles. The molecule has 0 radical (unpaired) electrons. The Morgan fingerprint density at radius 2 is 2.33 bits per heavy atom. The maximum atomic E-state index is 13.3. The van der Waals surface area contributed by atoms with E-state index >= 15 is 0 Å². The van der Waals surface area contributed by atoms with Crippen molar-refractivity contribution in [2.24, 2.45) is 0 Å². The number of hydrogen-bond acceptors (Lipinski definition) is 1. The number of halogens is 2. The second kappa shape index (κ2) is 4.81. The fourth-order valence-corrected chi connectivity index (χ4v) is 1.25. The fraction of sp³-hybridized carbons (Fsp3) is 0.182. The van der Waals surface area contributed by atoms with E-state index in [-0.39, 0.29) is 12.1 Å². The molecule has 15 heavy (non-hydrogen) atoms. The fourth-order valence-electron chi connectivity index (χ4n) is 1.08. The molecule has 1 amide bonds. The normalized spacial score (nSPS) is 9.47. The number of carbonyl (C=O) groups is 1. The van der Waals surface area contributed by atoms with Crippen molar-refractivity contribution >= 4 is 17.5 Å². The van der Waals surface area contributed by atoms with E-state index in [2.05, 4.69) is 5.92 Å². The molecular formula is C11H9ClFNO. The zero-order chi connectivity index (χ0) is 11.4. The van der Waals surface area contributed by atoms with Crippen LogP contribution in [0.2, 0.25) is 5.02 Å². The number of hydrogen-bond donors (Lipinski definition) is 0. The average Bonchev–Trinajstić information content (AvgIpc) is 2.21. The number of terminal acetylenes is 1. The van der Waals surface area contributed by atoms with E-state index in [1.54, 1.807) is 0 Å². The third kappa shape index (κ3) is 2.71. The van der Waals surface area contributed by atoms with E-state index in [1.807, 2.05) is 0 Å². The summed E-state index contributed by atoms with van der Waals surface area (Å²) >= 11 is 5.66. The smallest absolute Gasteiger partial charge is 0.257 e. The molecule has 0 aliphatic carbocycles. The van der Waals surface area contributed by atoms with Crippen molar-refractivity contribution in [2.45, 2.75) is 0 Å². The molecule has 0 saturated heterocycles. The van der Waals surface area contributed by atoms with Crippen LogP contribution in [0, 0.1) is 18.2 Å². The van der Waals surface area contributed by atoms with Crippen molar-refractivity contribution in [3.8, 4) is 12.3 Å². The first-order valence-corrected chi connectivity index (χ1v) is 4.58. The van der Waals surface area contributed by atoms with Crippen molar-refractivity contribution in [1.82, 2.24) is 4.90 Å². The zero-order valence-electron chi connectivity index (χ0n) is 8.13. The van der Waals surface area contributed by atoms with Crippen molar-refractivity contribution in [2.75, 3.05) is 13.6 Å². The highest BCUT2D eigenvalue weighted by Gasteiger charge is 2.15. The highest BCUT2D eigenvalue weighted by Crippen LogP contribution is 2.16. The van der Waals surface area contributed by atoms with E-state index in [9.17, 15) is 9.18 Å². The van der Waals surface area contributed by atoms with Gasteiger partial charge in [0.05, 0.1) is 12.1 Å². The first-order valence-electron chi connectivity index (χ1n) is 4.20. The summed E-state index contributed by atoms with van der Waals surface area (Å²) in [5, 5.41) is 0.314. The van der Waals surface area contributed by atoms with E-state index in [4.69, 9.17) is 18.0 Å². The van der Waals surface area contributed by atoms with Gasteiger partial charge in [-0.3, -0.25) is 4.79 Å². The lowest BCUT2D eigenvalue weighted by atomic mass is 10.2. The third-order valence-electron chi connectivity index (χ3n) is 1.83. The topological polar surface area (TPSA) is 20.3 Å². The molecule has 4 heteroatoms. The highest BCUT2D eigenvalue weighted by molar-refractivity contribution is 6.30. The van der Waals surface area contributed by atoms with Crippen LogP contribution in [-0.2, 0) is 0 Å². The minimum absolute atomic E-state index is 0.0692. The minimum atomic E-state index is -0.603. The third-order valence-corrected chi connectivity index (χ3v) is 2.07. The SMILES string of the molecule is C#CCN(C)C(=O)c1cc(Cl)ccc1F. The first kappa shape index (κ1) is 11.5. The van der Waals surface area contributed by atoms with E-state index in [1.165, 1.54) is 24.1 Å². The van der Waals surface area contributed by atoms with Gasteiger partial charge in [-0.25, -0.2) is 4.39 Å². The summed E-state index contributed by atoms with van der Waals surface area (Å²) in [4.78, 5) is 12.9. The maximum Gasteiger partial charge on any atom is 0.257 e. The van der Waals surface area contributed by atoms with Crippen LogP contribution in [0.15, 0.2) is 18.2 Å². The molecule has 0 atom stereocenters. The molecule has 1 aromatic rings. The lowest BCUT2D eigenvalue weighted by molar-refractivity contribution is 0.0808. The van der Waals surface area contributed by atoms with Crippen LogP contribution >= 0.6 is 11.6 Å². The number of rotatable bonds is 2. The second-order valence-corrected chi connectivity index (χ2v) is 3.43. The Balaban J connectivity index is 3.01. The zero-order valence-corrected chi connectivity index (χ0v) is 8.88. The van der Waals surface area contributed by atoms with Gasteiger partial charge in [-0.1, -0.05) is 17.5 Å². The van der Waals surface area contributed by atoms with Gasteiger partial charge >= 0.3 is 0 Å². The van der Waals surface area contributed by atoms with Gasteiger partial charge in [0.2, 0.25) is 0 Å². The standard InChI is InChI=1S/C11H9ClFNO/c1-3-6-14(2)11(15)9-7-8(12)4-5-10(9)13/h1,4-5,7H,6H2,2H3. The van der Waals surface area contributed by atoms with Gasteiger partial charge in [-0.05, 0) is 18.2 Å². The molecular weight excluding hydrogens is 217 g/mol. The molecule has 0 bridgehead atoms. The molecule has 0 N–H and O–H groups in total. The Labute approximate surface area is 92.6 Å². The molecule has 0 aliphatic rings. The quantitative estimate of drug-likeness (QED) is 0.707. The lowest BCUT2D eigenvalue weighted by Crippen LogP contribution is -2.27. The number of nitrogens with zero attached hydrogens (tertiary/aromatic N) is 1. The summed E-state index contributed by atoms with van der Waals surface area (Å²) in [6, 6.07) is 3.82. The summed E-state index contributed by atoms with van der Waals surface area (Å²) in [7, 11) is 1.50. The summed E-state index contributed by atoms with van der Waals surface area (Å²) < 4.78 is 13.3. The Hall–Kier alpha value is -1.53. The van der Waals surface area contributed by atoms with Gasteiger partial charge in [0, 0.05) is 12.1 Å². The highest BCUT2D eigenvalue weighted by atomic mass is 35.5. The molecule has 1 aromatic carbocycles. The number of benzene rings is 1. The van der Waals surface area contributed by atoms with Crippen LogP contribution < -0.4 is 0 Å². The predicted molar refractivity (Wildman–Crippen MR) is 57.2 cm³/mol. The monoisotopic (exact) mass is 225 g/mol. The lowest BCUT2D eigenvalue weighted by Gasteiger charge is -2.14. The van der Waals surface area contributed by atoms with Gasteiger partial charge < -0.3 is 4.90 Å². The summed E-state index contributed by atoms with van der Waals surface area (Å²) in [6.07, 6.45) is 5.05. The predicted octanol–water partition coefficient (Wildman–Crippen LogP) is 2.18. The Kier molecular flexibility index (Phi) is 3.70. The Morgan fingerprint density at radius 1 is 1.67 bits per heavy atom. The van der Waals surface area contributed by atoms with Gasteiger partial charge in [-0.2, -0.15) is 0 Å². The van der Waals surface area contributed by atoms with Crippen molar-refractivity contribution in [1.29, 1.82) is 0 Å². The summed E-state index contributed by atoms with van der Waals surface area (Å²) in [5.74, 6) is 1.22. The Bertz CT molecular complexity index is 425. The van der Waals surface area contributed by atoms with Crippen molar-refractivity contribution < 1.29 is 9.18 Å². The van der Waals surface area contributed by atoms with Crippen LogP contribution in [0.5, 0.6) is 0 Å². The van der Waals surface area contributed by atoms with Crippen molar-refractivity contribution in [3.63, 3.8) is 0 Å². The first-order chi connectivity index (χ1) is 7.06. The molecule has 0 unspecified atom stereocenters. The van der Waals surface area contributed by atoms with Gasteiger partial charge in [0.1, 0.15) is 5.82 Å². The van der Waals surface area contributed by atoms with Crippen LogP contribution in [0.25, 0.3) is 0 Å². The number of carbonyl (C=O) groups excluding carboxylic acids is 1. The van der Waals surface area contributed by atoms with E-state index < -0.39 is 11.7 Å². The van der Waals surface area contributed by atoms with Crippen LogP contribution in [-0.4, -0.2) is 24.4 Å². The molecule has 0 spiro atoms. The van der Waals surface area contributed by atoms with Crippen LogP contribution in [0.4, 0.5) is 4.39 Å². The summed E-state index contributed by atoms with van der Waals surface area (Å²) in [6.45, 7) is 0.130. The molecule has 2 nitrogen and oxygen atoms in total. The molecule has 78 valence electrons. The van der Waals surface area contributed by atoms with Gasteiger partial charge in [0.15, 0.2) is 0 Å². The minimum Gasteiger partial charge on any atom is -0.330 e. The molecule has 0 fully saturated rings. The van der Waals surface area contributed by atoms with Gasteiger partial charge in [-0.15, -0.1) is 6.42 Å².